The van der Waals surface area contributed by atoms with Crippen molar-refractivity contribution in [1.29, 1.82) is 0 Å². The lowest BCUT2D eigenvalue weighted by atomic mass is 10.1. The third-order valence-electron chi connectivity index (χ3n) is 3.06. The van der Waals surface area contributed by atoms with Crippen molar-refractivity contribution in [2.24, 2.45) is 0 Å². The molecule has 3 heteroatoms. The number of hydrogen-bond donors (Lipinski definition) is 0. The molecule has 0 heterocycles. The van der Waals surface area contributed by atoms with Gasteiger partial charge in [0, 0.05) is 13.1 Å². The zero-order chi connectivity index (χ0) is 13.7. The van der Waals surface area contributed by atoms with E-state index in [4.69, 9.17) is 0 Å². The summed E-state index contributed by atoms with van der Waals surface area (Å²) < 4.78 is 25.5. The number of benzene rings is 2. The molecule has 100 valence electrons. The molecule has 0 unspecified atom stereocenters. The third kappa shape index (κ3) is 4.45. The second kappa shape index (κ2) is 6.43. The van der Waals surface area contributed by atoms with Crippen LogP contribution < -0.4 is 0 Å². The van der Waals surface area contributed by atoms with Gasteiger partial charge in [-0.1, -0.05) is 24.3 Å². The Balaban J connectivity index is 1.82. The molecule has 0 fully saturated rings. The van der Waals surface area contributed by atoms with Crippen LogP contribution in [0.15, 0.2) is 48.5 Å². The Kier molecular flexibility index (Phi) is 4.63. The Bertz CT molecular complexity index is 505. The van der Waals surface area contributed by atoms with Gasteiger partial charge in [-0.2, -0.15) is 0 Å². The second-order valence-corrected chi connectivity index (χ2v) is 4.74. The second-order valence-electron chi connectivity index (χ2n) is 4.74. The highest BCUT2D eigenvalue weighted by Crippen LogP contribution is 2.08. The monoisotopic (exact) mass is 261 g/mol. The molecule has 0 amide bonds. The molecular formula is C16H17F2N. The summed E-state index contributed by atoms with van der Waals surface area (Å²) in [5.41, 5.74) is 2.20. The molecule has 2 aromatic rings. The van der Waals surface area contributed by atoms with E-state index >= 15 is 0 Å². The van der Waals surface area contributed by atoms with E-state index in [0.717, 1.165) is 30.6 Å². The molecule has 0 bridgehead atoms. The van der Waals surface area contributed by atoms with E-state index in [2.05, 4.69) is 4.90 Å². The summed E-state index contributed by atoms with van der Waals surface area (Å²) in [5, 5.41) is 0. The molecule has 0 N–H and O–H groups in total. The molecule has 19 heavy (non-hydrogen) atoms. The SMILES string of the molecule is CN(CCc1ccc(F)cc1)Cc1ccc(F)cc1. The van der Waals surface area contributed by atoms with Gasteiger partial charge in [-0.15, -0.1) is 0 Å². The molecule has 0 spiro atoms. The minimum absolute atomic E-state index is 0.205. The van der Waals surface area contributed by atoms with Crippen LogP contribution in [0, 0.1) is 11.6 Å². The van der Waals surface area contributed by atoms with Crippen molar-refractivity contribution in [3.8, 4) is 0 Å². The van der Waals surface area contributed by atoms with Crippen molar-refractivity contribution in [2.45, 2.75) is 13.0 Å². The van der Waals surface area contributed by atoms with Crippen LogP contribution in [0.1, 0.15) is 11.1 Å². The van der Waals surface area contributed by atoms with E-state index in [9.17, 15) is 8.78 Å². The van der Waals surface area contributed by atoms with E-state index in [1.54, 1.807) is 24.3 Å². The van der Waals surface area contributed by atoms with Gasteiger partial charge in [0.05, 0.1) is 0 Å². The Morgan fingerprint density at radius 1 is 0.789 bits per heavy atom. The summed E-state index contributed by atoms with van der Waals surface area (Å²) in [6.45, 7) is 1.66. The minimum atomic E-state index is -0.210. The standard InChI is InChI=1S/C16H17F2N/c1-19(12-14-4-8-16(18)9-5-14)11-10-13-2-6-15(17)7-3-13/h2-9H,10-12H2,1H3. The number of nitrogens with zero attached hydrogens (tertiary/aromatic N) is 1. The molecule has 0 saturated heterocycles. The van der Waals surface area contributed by atoms with Crippen molar-refractivity contribution >= 4 is 0 Å². The van der Waals surface area contributed by atoms with Crippen LogP contribution >= 0.6 is 0 Å². The fraction of sp³-hybridized carbons (Fsp3) is 0.250. The Morgan fingerprint density at radius 2 is 1.26 bits per heavy atom. The largest absolute Gasteiger partial charge is 0.302 e. The van der Waals surface area contributed by atoms with E-state index in [1.807, 2.05) is 7.05 Å². The van der Waals surface area contributed by atoms with Crippen LogP contribution in [-0.4, -0.2) is 18.5 Å². The van der Waals surface area contributed by atoms with Crippen LogP contribution in [0.4, 0.5) is 8.78 Å². The predicted molar refractivity (Wildman–Crippen MR) is 72.8 cm³/mol. The van der Waals surface area contributed by atoms with E-state index in [-0.39, 0.29) is 11.6 Å². The lowest BCUT2D eigenvalue weighted by molar-refractivity contribution is 0.331. The van der Waals surface area contributed by atoms with Gasteiger partial charge in [0.1, 0.15) is 11.6 Å². The Morgan fingerprint density at radius 3 is 1.79 bits per heavy atom. The number of likely N-dealkylation sites (N-methyl/N-ethyl adjacent to an activating group) is 1. The number of halogens is 2. The van der Waals surface area contributed by atoms with Crippen LogP contribution in [0.25, 0.3) is 0 Å². The zero-order valence-corrected chi connectivity index (χ0v) is 10.9. The fourth-order valence-corrected chi connectivity index (χ4v) is 1.95. The number of hydrogen-bond acceptors (Lipinski definition) is 1. The molecule has 0 aromatic heterocycles. The van der Waals surface area contributed by atoms with Gasteiger partial charge in [-0.25, -0.2) is 8.78 Å². The molecule has 2 aromatic carbocycles. The maximum atomic E-state index is 12.8. The lowest BCUT2D eigenvalue weighted by Gasteiger charge is -2.16. The quantitative estimate of drug-likeness (QED) is 0.794. The van der Waals surface area contributed by atoms with Gasteiger partial charge in [0.25, 0.3) is 0 Å². The molecular weight excluding hydrogens is 244 g/mol. The summed E-state index contributed by atoms with van der Waals surface area (Å²) in [6, 6.07) is 13.1. The first-order valence-corrected chi connectivity index (χ1v) is 6.31. The van der Waals surface area contributed by atoms with Crippen molar-refractivity contribution in [3.63, 3.8) is 0 Å². The first kappa shape index (κ1) is 13.7. The Hall–Kier alpha value is -1.74. The van der Waals surface area contributed by atoms with Crippen LogP contribution in [-0.2, 0) is 13.0 Å². The van der Waals surface area contributed by atoms with Crippen LogP contribution in [0.3, 0.4) is 0 Å². The van der Waals surface area contributed by atoms with Crippen molar-refractivity contribution < 1.29 is 8.78 Å². The molecule has 0 radical (unpaired) electrons. The van der Waals surface area contributed by atoms with E-state index in [1.165, 1.54) is 24.3 Å². The van der Waals surface area contributed by atoms with E-state index in [0.29, 0.717) is 0 Å². The van der Waals surface area contributed by atoms with Gasteiger partial charge in [-0.05, 0) is 48.9 Å². The van der Waals surface area contributed by atoms with Gasteiger partial charge in [-0.3, -0.25) is 0 Å². The summed E-state index contributed by atoms with van der Waals surface area (Å²) in [7, 11) is 2.02. The molecule has 0 aliphatic rings. The molecule has 1 nitrogen and oxygen atoms in total. The van der Waals surface area contributed by atoms with Gasteiger partial charge < -0.3 is 4.90 Å². The Labute approximate surface area is 112 Å². The molecule has 0 aliphatic carbocycles. The van der Waals surface area contributed by atoms with Gasteiger partial charge >= 0.3 is 0 Å². The third-order valence-corrected chi connectivity index (χ3v) is 3.06. The normalized spacial score (nSPS) is 10.9. The maximum absolute atomic E-state index is 12.8. The zero-order valence-electron chi connectivity index (χ0n) is 10.9. The minimum Gasteiger partial charge on any atom is -0.302 e. The smallest absolute Gasteiger partial charge is 0.123 e. The predicted octanol–water partition coefficient (Wildman–Crippen LogP) is 3.64. The first-order chi connectivity index (χ1) is 9.13. The van der Waals surface area contributed by atoms with Crippen molar-refractivity contribution in [1.82, 2.24) is 4.90 Å². The number of rotatable bonds is 5. The van der Waals surface area contributed by atoms with Gasteiger partial charge in [0.2, 0.25) is 0 Å². The average Bonchev–Trinajstić information content (AvgIpc) is 2.41. The molecule has 0 atom stereocenters. The summed E-state index contributed by atoms with van der Waals surface area (Å²) >= 11 is 0. The summed E-state index contributed by atoms with van der Waals surface area (Å²) in [5.74, 6) is -0.416. The van der Waals surface area contributed by atoms with Crippen LogP contribution in [0.2, 0.25) is 0 Å². The molecule has 2 rings (SSSR count). The van der Waals surface area contributed by atoms with E-state index < -0.39 is 0 Å². The maximum Gasteiger partial charge on any atom is 0.123 e. The topological polar surface area (TPSA) is 3.24 Å². The molecule has 0 saturated carbocycles. The highest BCUT2D eigenvalue weighted by Gasteiger charge is 2.02. The lowest BCUT2D eigenvalue weighted by Crippen LogP contribution is -2.20. The average molecular weight is 261 g/mol. The van der Waals surface area contributed by atoms with Crippen molar-refractivity contribution in [2.75, 3.05) is 13.6 Å². The highest BCUT2D eigenvalue weighted by atomic mass is 19.1. The summed E-state index contributed by atoms with van der Waals surface area (Å²) in [6.07, 6.45) is 0.873. The highest BCUT2D eigenvalue weighted by molar-refractivity contribution is 5.17. The first-order valence-electron chi connectivity index (χ1n) is 6.31. The molecule has 0 aliphatic heterocycles. The van der Waals surface area contributed by atoms with Gasteiger partial charge in [0.15, 0.2) is 0 Å². The summed E-state index contributed by atoms with van der Waals surface area (Å²) in [4.78, 5) is 2.16. The fourth-order valence-electron chi connectivity index (χ4n) is 1.95. The van der Waals surface area contributed by atoms with Crippen molar-refractivity contribution in [3.05, 3.63) is 71.3 Å². The van der Waals surface area contributed by atoms with Crippen LogP contribution in [0.5, 0.6) is 0 Å².